The smallest absolute Gasteiger partial charge is 0.323 e. The molecule has 74 valence electrons. The van der Waals surface area contributed by atoms with Crippen LogP contribution in [0.25, 0.3) is 11.0 Å². The van der Waals surface area contributed by atoms with Crippen LogP contribution in [-0.4, -0.2) is 22.9 Å². The zero-order valence-electron chi connectivity index (χ0n) is 7.74. The summed E-state index contributed by atoms with van der Waals surface area (Å²) < 4.78 is 0. The molecule has 0 amide bonds. The molecule has 0 aliphatic carbocycles. The van der Waals surface area contributed by atoms with Gasteiger partial charge in [-0.2, -0.15) is 12.6 Å². The van der Waals surface area contributed by atoms with Crippen molar-refractivity contribution in [3.8, 4) is 0 Å². The molecule has 0 saturated carbocycles. The lowest BCUT2D eigenvalue weighted by atomic mass is 10.2. The Labute approximate surface area is 86.3 Å². The highest BCUT2D eigenvalue weighted by Crippen LogP contribution is 2.17. The number of anilines is 1. The molecule has 0 atom stereocenters. The predicted molar refractivity (Wildman–Crippen MR) is 61.2 cm³/mol. The Balaban J connectivity index is 2.55. The number of benzene rings is 1. The molecular formula is C9H11N3OS. The molecule has 0 unspecified atom stereocenters. The minimum absolute atomic E-state index is 0.175. The van der Waals surface area contributed by atoms with Gasteiger partial charge < -0.3 is 14.9 Å². The Morgan fingerprint density at radius 1 is 1.36 bits per heavy atom. The number of aromatic nitrogens is 2. The summed E-state index contributed by atoms with van der Waals surface area (Å²) in [7, 11) is 1.94. The first-order chi connectivity index (χ1) is 6.70. The molecule has 1 aromatic carbocycles. The Kier molecular flexibility index (Phi) is 2.25. The lowest BCUT2D eigenvalue weighted by Gasteiger charge is -2.15. The maximum absolute atomic E-state index is 11.0. The highest BCUT2D eigenvalue weighted by molar-refractivity contribution is 7.80. The normalized spacial score (nSPS) is 10.7. The minimum atomic E-state index is -0.175. The van der Waals surface area contributed by atoms with E-state index in [9.17, 15) is 4.79 Å². The second kappa shape index (κ2) is 3.42. The van der Waals surface area contributed by atoms with Crippen molar-refractivity contribution >= 4 is 29.3 Å². The number of aromatic amines is 2. The van der Waals surface area contributed by atoms with E-state index in [1.807, 2.05) is 30.1 Å². The molecule has 5 heteroatoms. The summed E-state index contributed by atoms with van der Waals surface area (Å²) in [6, 6.07) is 5.74. The monoisotopic (exact) mass is 209 g/mol. The molecule has 2 aromatic rings. The highest BCUT2D eigenvalue weighted by atomic mass is 32.1. The van der Waals surface area contributed by atoms with E-state index in [2.05, 4.69) is 22.6 Å². The molecule has 4 nitrogen and oxygen atoms in total. The fraction of sp³-hybridized carbons (Fsp3) is 0.222. The molecule has 1 heterocycles. The van der Waals surface area contributed by atoms with Crippen LogP contribution in [0, 0.1) is 0 Å². The first-order valence-corrected chi connectivity index (χ1v) is 4.88. The van der Waals surface area contributed by atoms with Gasteiger partial charge in [-0.05, 0) is 18.2 Å². The van der Waals surface area contributed by atoms with Gasteiger partial charge in [0.25, 0.3) is 0 Å². The van der Waals surface area contributed by atoms with E-state index in [1.54, 1.807) is 0 Å². The van der Waals surface area contributed by atoms with E-state index in [4.69, 9.17) is 0 Å². The first kappa shape index (κ1) is 9.21. The van der Waals surface area contributed by atoms with Gasteiger partial charge in [0.1, 0.15) is 0 Å². The molecule has 14 heavy (non-hydrogen) atoms. The van der Waals surface area contributed by atoms with Crippen molar-refractivity contribution in [3.05, 3.63) is 28.7 Å². The Bertz CT molecular complexity index is 502. The van der Waals surface area contributed by atoms with Gasteiger partial charge in [0.2, 0.25) is 0 Å². The van der Waals surface area contributed by atoms with Gasteiger partial charge in [-0.3, -0.25) is 0 Å². The average molecular weight is 209 g/mol. The third-order valence-electron chi connectivity index (χ3n) is 2.15. The minimum Gasteiger partial charge on any atom is -0.366 e. The van der Waals surface area contributed by atoms with Gasteiger partial charge in [-0.15, -0.1) is 0 Å². The zero-order chi connectivity index (χ0) is 10.1. The molecule has 2 N–H and O–H groups in total. The number of nitrogens with zero attached hydrogens (tertiary/aromatic N) is 1. The van der Waals surface area contributed by atoms with Gasteiger partial charge in [0.15, 0.2) is 0 Å². The lowest BCUT2D eigenvalue weighted by molar-refractivity contribution is 1.10. The largest absolute Gasteiger partial charge is 0.366 e. The summed E-state index contributed by atoms with van der Waals surface area (Å²) in [6.07, 6.45) is 0. The van der Waals surface area contributed by atoms with Crippen LogP contribution in [0.4, 0.5) is 5.69 Å². The predicted octanol–water partition coefficient (Wildman–Crippen LogP) is 1.18. The number of hydrogen-bond donors (Lipinski definition) is 3. The first-order valence-electron chi connectivity index (χ1n) is 4.25. The van der Waals surface area contributed by atoms with E-state index in [0.29, 0.717) is 5.88 Å². The molecule has 0 fully saturated rings. The van der Waals surface area contributed by atoms with Gasteiger partial charge in [0.05, 0.1) is 16.9 Å². The van der Waals surface area contributed by atoms with Crippen LogP contribution in [0.5, 0.6) is 0 Å². The molecule has 0 radical (unpaired) electrons. The van der Waals surface area contributed by atoms with Crippen molar-refractivity contribution in [2.75, 3.05) is 17.8 Å². The second-order valence-electron chi connectivity index (χ2n) is 3.15. The quantitative estimate of drug-likeness (QED) is 0.514. The van der Waals surface area contributed by atoms with Crippen molar-refractivity contribution in [2.45, 2.75) is 0 Å². The summed E-state index contributed by atoms with van der Waals surface area (Å²) in [5, 5.41) is 0. The summed E-state index contributed by atoms with van der Waals surface area (Å²) in [4.78, 5) is 18.4. The number of hydrogen-bond acceptors (Lipinski definition) is 3. The van der Waals surface area contributed by atoms with Gasteiger partial charge in [-0.1, -0.05) is 0 Å². The molecule has 1 aromatic heterocycles. The zero-order valence-corrected chi connectivity index (χ0v) is 8.64. The molecule has 2 rings (SSSR count). The van der Waals surface area contributed by atoms with Gasteiger partial charge >= 0.3 is 5.69 Å². The Hall–Kier alpha value is -1.36. The fourth-order valence-electron chi connectivity index (χ4n) is 1.34. The van der Waals surface area contributed by atoms with E-state index in [-0.39, 0.29) is 5.69 Å². The SMILES string of the molecule is CN(CS)c1ccc2[nH]c(=O)[nH]c2c1. The molecular weight excluding hydrogens is 198 g/mol. The number of nitrogens with one attached hydrogen (secondary N) is 2. The molecule has 0 aliphatic rings. The Morgan fingerprint density at radius 3 is 2.79 bits per heavy atom. The van der Waals surface area contributed by atoms with E-state index in [0.717, 1.165) is 16.7 Å². The van der Waals surface area contributed by atoms with Gasteiger partial charge in [-0.25, -0.2) is 4.79 Å². The van der Waals surface area contributed by atoms with Crippen LogP contribution >= 0.6 is 12.6 Å². The number of thiol groups is 1. The molecule has 0 saturated heterocycles. The summed E-state index contributed by atoms with van der Waals surface area (Å²) in [5.74, 6) is 0.639. The van der Waals surface area contributed by atoms with Crippen LogP contribution in [0.3, 0.4) is 0 Å². The van der Waals surface area contributed by atoms with Crippen LogP contribution in [-0.2, 0) is 0 Å². The maximum atomic E-state index is 11.0. The Morgan fingerprint density at radius 2 is 2.07 bits per heavy atom. The fourth-order valence-corrected chi connectivity index (χ4v) is 1.50. The van der Waals surface area contributed by atoms with E-state index < -0.39 is 0 Å². The van der Waals surface area contributed by atoms with Crippen LogP contribution in [0.15, 0.2) is 23.0 Å². The van der Waals surface area contributed by atoms with Crippen molar-refractivity contribution < 1.29 is 0 Å². The third-order valence-corrected chi connectivity index (χ3v) is 2.58. The van der Waals surface area contributed by atoms with Crippen molar-refractivity contribution in [3.63, 3.8) is 0 Å². The maximum Gasteiger partial charge on any atom is 0.323 e. The van der Waals surface area contributed by atoms with Crippen molar-refractivity contribution in [1.82, 2.24) is 9.97 Å². The van der Waals surface area contributed by atoms with Crippen LogP contribution in [0.2, 0.25) is 0 Å². The van der Waals surface area contributed by atoms with Crippen LogP contribution in [0.1, 0.15) is 0 Å². The average Bonchev–Trinajstić information content (AvgIpc) is 2.55. The third kappa shape index (κ3) is 1.50. The van der Waals surface area contributed by atoms with Crippen molar-refractivity contribution in [1.29, 1.82) is 0 Å². The van der Waals surface area contributed by atoms with Crippen molar-refractivity contribution in [2.24, 2.45) is 0 Å². The highest BCUT2D eigenvalue weighted by Gasteiger charge is 2.02. The summed E-state index contributed by atoms with van der Waals surface area (Å²) in [6.45, 7) is 0. The molecule has 0 spiro atoms. The van der Waals surface area contributed by atoms with Crippen LogP contribution < -0.4 is 10.6 Å². The summed E-state index contributed by atoms with van der Waals surface area (Å²) >= 11 is 4.17. The number of rotatable bonds is 2. The number of fused-ring (bicyclic) bond motifs is 1. The number of imidazole rings is 1. The summed E-state index contributed by atoms with van der Waals surface area (Å²) in [5.41, 5.74) is 2.50. The molecule has 0 bridgehead atoms. The molecule has 0 aliphatic heterocycles. The number of H-pyrrole nitrogens is 2. The lowest BCUT2D eigenvalue weighted by Crippen LogP contribution is -2.13. The standard InChI is InChI=1S/C9H11N3OS/c1-12(5-14)6-2-3-7-8(4-6)11-9(13)10-7/h2-4,14H,5H2,1H3,(H2,10,11,13). The van der Waals surface area contributed by atoms with E-state index >= 15 is 0 Å². The van der Waals surface area contributed by atoms with Gasteiger partial charge in [0, 0.05) is 12.7 Å². The topological polar surface area (TPSA) is 51.9 Å². The second-order valence-corrected chi connectivity index (χ2v) is 3.43. The van der Waals surface area contributed by atoms with E-state index in [1.165, 1.54) is 0 Å².